The van der Waals surface area contributed by atoms with E-state index in [-0.39, 0.29) is 11.9 Å². The van der Waals surface area contributed by atoms with Crippen molar-refractivity contribution in [3.63, 3.8) is 0 Å². The van der Waals surface area contributed by atoms with Crippen LogP contribution in [0.5, 0.6) is 0 Å². The van der Waals surface area contributed by atoms with Gasteiger partial charge in [0.15, 0.2) is 17.3 Å². The van der Waals surface area contributed by atoms with Crippen LogP contribution in [0.15, 0.2) is 72.0 Å². The van der Waals surface area contributed by atoms with Gasteiger partial charge in [-0.2, -0.15) is 8.42 Å². The lowest BCUT2D eigenvalue weighted by Gasteiger charge is -2.27. The zero-order valence-electron chi connectivity index (χ0n) is 17.7. The smallest absolute Gasteiger partial charge is 0.274 e. The molecule has 1 fully saturated rings. The predicted octanol–water partition coefficient (Wildman–Crippen LogP) is 2.05. The molecular weight excluding hydrogens is 442 g/mol. The third-order valence-corrected chi connectivity index (χ3v) is 7.98. The lowest BCUT2D eigenvalue weighted by Crippen LogP contribution is -2.41. The van der Waals surface area contributed by atoms with Crippen molar-refractivity contribution in [1.29, 1.82) is 0 Å². The van der Waals surface area contributed by atoms with Gasteiger partial charge in [0.25, 0.3) is 16.0 Å². The molecule has 1 unspecified atom stereocenters. The van der Waals surface area contributed by atoms with E-state index in [1.165, 1.54) is 11.9 Å². The first-order chi connectivity index (χ1) is 15.7. The number of aliphatic imine (C=N–C) groups is 1. The molecule has 0 radical (unpaired) electrons. The molecule has 1 amide bonds. The number of benzene rings is 2. The van der Waals surface area contributed by atoms with Crippen molar-refractivity contribution in [3.05, 3.63) is 83.7 Å². The summed E-state index contributed by atoms with van der Waals surface area (Å²) in [6.45, 7) is 0. The summed E-state index contributed by atoms with van der Waals surface area (Å²) in [6, 6.07) is 15.5. The summed E-state index contributed by atoms with van der Waals surface area (Å²) in [5.74, 6) is 0.157. The molecule has 9 nitrogen and oxygen atoms in total. The molecule has 1 aliphatic heterocycles. The molecule has 1 aromatic heterocycles. The van der Waals surface area contributed by atoms with Gasteiger partial charge in [0, 0.05) is 25.0 Å². The van der Waals surface area contributed by atoms with Crippen molar-refractivity contribution in [2.45, 2.75) is 23.1 Å². The van der Waals surface area contributed by atoms with E-state index < -0.39 is 20.4 Å². The zero-order chi connectivity index (χ0) is 23.4. The molecule has 5 rings (SSSR count). The van der Waals surface area contributed by atoms with E-state index in [4.69, 9.17) is 5.73 Å². The number of aromatic nitrogens is 2. The van der Waals surface area contributed by atoms with Crippen LogP contribution in [0, 0.1) is 0 Å². The highest BCUT2D eigenvalue weighted by molar-refractivity contribution is 7.87. The molecule has 168 valence electrons. The van der Waals surface area contributed by atoms with E-state index in [1.807, 2.05) is 6.07 Å². The first-order valence-corrected chi connectivity index (χ1v) is 11.7. The van der Waals surface area contributed by atoms with Crippen molar-refractivity contribution < 1.29 is 17.8 Å². The summed E-state index contributed by atoms with van der Waals surface area (Å²) in [7, 11) is -2.78. The normalized spacial score (nSPS) is 21.7. The number of guanidine groups is 1. The molecule has 0 spiro atoms. The number of nitrogens with two attached hydrogens (primary N) is 1. The largest absolute Gasteiger partial charge is 0.369 e. The molecule has 2 aliphatic rings. The fourth-order valence-electron chi connectivity index (χ4n) is 4.35. The number of hydrogen-bond donors (Lipinski definition) is 2. The predicted molar refractivity (Wildman–Crippen MR) is 122 cm³/mol. The Labute approximate surface area is 190 Å². The van der Waals surface area contributed by atoms with Gasteiger partial charge in [-0.15, -0.1) is 0 Å². The zero-order valence-corrected chi connectivity index (χ0v) is 18.5. The van der Waals surface area contributed by atoms with Crippen LogP contribution in [0.3, 0.4) is 0 Å². The molecule has 1 aliphatic carbocycles. The number of rotatable bonds is 5. The standard InChI is InChI=1S/C23H21N5O4S/c1-28-20(29)23(27-21(28)24,17-7-2-5-15(13-17)19-25-11-4-12-26-19)18-8-3-6-16(14-18)22(9-10-22)33(30,31)32/h2-8,11-14H,9-10H2,1H3,(H2,24,27)(H,30,31,32). The molecule has 1 saturated carbocycles. The minimum absolute atomic E-state index is 0.0442. The van der Waals surface area contributed by atoms with Crippen molar-refractivity contribution >= 4 is 22.0 Å². The second kappa shape index (κ2) is 7.19. The summed E-state index contributed by atoms with van der Waals surface area (Å²) in [5.41, 5.74) is 6.65. The maximum Gasteiger partial charge on any atom is 0.274 e. The minimum atomic E-state index is -4.32. The number of likely N-dealkylation sites (N-methyl/N-ethyl adjacent to an activating group) is 1. The summed E-state index contributed by atoms with van der Waals surface area (Å²) in [4.78, 5) is 28.0. The Morgan fingerprint density at radius 1 is 0.970 bits per heavy atom. The minimum Gasteiger partial charge on any atom is -0.369 e. The Morgan fingerprint density at radius 2 is 1.58 bits per heavy atom. The van der Waals surface area contributed by atoms with Crippen LogP contribution in [0.4, 0.5) is 0 Å². The number of carbonyl (C=O) groups is 1. The molecule has 2 aromatic carbocycles. The average molecular weight is 464 g/mol. The van der Waals surface area contributed by atoms with Crippen LogP contribution < -0.4 is 5.73 Å². The number of nitrogens with zero attached hydrogens (tertiary/aromatic N) is 4. The molecule has 10 heteroatoms. The first kappa shape index (κ1) is 21.2. The maximum atomic E-state index is 13.6. The van der Waals surface area contributed by atoms with Crippen LogP contribution in [-0.2, 0) is 25.2 Å². The van der Waals surface area contributed by atoms with E-state index >= 15 is 0 Å². The second-order valence-corrected chi connectivity index (χ2v) is 9.98. The summed E-state index contributed by atoms with van der Waals surface area (Å²) in [5, 5.41) is 0. The van der Waals surface area contributed by atoms with E-state index in [1.54, 1.807) is 60.9 Å². The van der Waals surface area contributed by atoms with E-state index in [0.717, 1.165) is 0 Å². The van der Waals surface area contributed by atoms with Gasteiger partial charge in [-0.05, 0) is 41.7 Å². The van der Waals surface area contributed by atoms with Gasteiger partial charge in [-0.3, -0.25) is 14.2 Å². The van der Waals surface area contributed by atoms with Crippen molar-refractivity contribution in [3.8, 4) is 11.4 Å². The highest BCUT2D eigenvalue weighted by Gasteiger charge is 2.56. The van der Waals surface area contributed by atoms with Crippen LogP contribution in [-0.4, -0.2) is 46.8 Å². The SMILES string of the molecule is CN1C(=O)C(c2cccc(-c3ncccn3)c2)(c2cccc(C3(S(=O)(=O)O)CC3)c2)N=C1N. The third-order valence-electron chi connectivity index (χ3n) is 6.35. The molecule has 0 saturated heterocycles. The van der Waals surface area contributed by atoms with Crippen molar-refractivity contribution in [2.24, 2.45) is 10.7 Å². The Balaban J connectivity index is 1.72. The Hall–Kier alpha value is -3.63. The highest BCUT2D eigenvalue weighted by atomic mass is 32.2. The van der Waals surface area contributed by atoms with Gasteiger partial charge < -0.3 is 5.73 Å². The average Bonchev–Trinajstić information content (AvgIpc) is 3.61. The summed E-state index contributed by atoms with van der Waals surface area (Å²) >= 11 is 0. The highest BCUT2D eigenvalue weighted by Crippen LogP contribution is 2.53. The van der Waals surface area contributed by atoms with E-state index in [0.29, 0.717) is 40.9 Å². The van der Waals surface area contributed by atoms with E-state index in [2.05, 4.69) is 15.0 Å². The molecule has 2 heterocycles. The number of hydrogen-bond acceptors (Lipinski definition) is 7. The van der Waals surface area contributed by atoms with Gasteiger partial charge >= 0.3 is 0 Å². The van der Waals surface area contributed by atoms with Crippen LogP contribution in [0.1, 0.15) is 29.5 Å². The van der Waals surface area contributed by atoms with Gasteiger partial charge in [-0.25, -0.2) is 15.0 Å². The van der Waals surface area contributed by atoms with Crippen molar-refractivity contribution in [2.75, 3.05) is 7.05 Å². The topological polar surface area (TPSA) is 139 Å². The third kappa shape index (κ3) is 3.13. The Morgan fingerprint density at radius 3 is 2.15 bits per heavy atom. The maximum absolute atomic E-state index is 13.6. The van der Waals surface area contributed by atoms with Crippen LogP contribution in [0.25, 0.3) is 11.4 Å². The van der Waals surface area contributed by atoms with Gasteiger partial charge in [0.2, 0.25) is 0 Å². The molecule has 0 bridgehead atoms. The number of amides is 1. The molecule has 3 aromatic rings. The van der Waals surface area contributed by atoms with Crippen molar-refractivity contribution in [1.82, 2.24) is 14.9 Å². The second-order valence-electron chi connectivity index (χ2n) is 8.25. The summed E-state index contributed by atoms with van der Waals surface area (Å²) in [6.07, 6.45) is 3.87. The van der Waals surface area contributed by atoms with Gasteiger partial charge in [-0.1, -0.05) is 42.5 Å². The van der Waals surface area contributed by atoms with Crippen LogP contribution >= 0.6 is 0 Å². The monoisotopic (exact) mass is 463 g/mol. The number of carbonyl (C=O) groups excluding carboxylic acids is 1. The lowest BCUT2D eigenvalue weighted by molar-refractivity contribution is -0.129. The quantitative estimate of drug-likeness (QED) is 0.552. The Bertz CT molecular complexity index is 1400. The van der Waals surface area contributed by atoms with Gasteiger partial charge in [0.05, 0.1) is 0 Å². The summed E-state index contributed by atoms with van der Waals surface area (Å²) < 4.78 is 32.7. The fraction of sp³-hybridized carbons (Fsp3) is 0.217. The van der Waals surface area contributed by atoms with Gasteiger partial charge in [0.1, 0.15) is 4.75 Å². The van der Waals surface area contributed by atoms with E-state index in [9.17, 15) is 17.8 Å². The molecule has 1 atom stereocenters. The Kier molecular flexibility index (Phi) is 4.62. The fourth-order valence-corrected chi connectivity index (χ4v) is 5.40. The first-order valence-electron chi connectivity index (χ1n) is 10.3. The molecule has 33 heavy (non-hydrogen) atoms. The molecule has 3 N–H and O–H groups in total. The lowest BCUT2D eigenvalue weighted by atomic mass is 9.81. The van der Waals surface area contributed by atoms with Crippen LogP contribution in [0.2, 0.25) is 0 Å². The molecular formula is C23H21N5O4S.